The van der Waals surface area contributed by atoms with E-state index in [1.807, 2.05) is 5.32 Å². The SMILES string of the molecule is CCC(C)N1C(=O)NC(O)(C(C)=O)C1=O. The first-order valence-corrected chi connectivity index (χ1v) is 4.73. The summed E-state index contributed by atoms with van der Waals surface area (Å²) in [6, 6.07) is -1.07. The van der Waals surface area contributed by atoms with Gasteiger partial charge in [-0.05, 0) is 13.3 Å². The number of carbonyl (C=O) groups excluding carboxylic acids is 3. The fourth-order valence-electron chi connectivity index (χ4n) is 1.36. The quantitative estimate of drug-likeness (QED) is 0.495. The van der Waals surface area contributed by atoms with Crippen LogP contribution in [0.1, 0.15) is 27.2 Å². The van der Waals surface area contributed by atoms with Crippen LogP contribution in [-0.2, 0) is 9.59 Å². The van der Waals surface area contributed by atoms with Gasteiger partial charge in [-0.25, -0.2) is 4.79 Å². The summed E-state index contributed by atoms with van der Waals surface area (Å²) in [7, 11) is 0. The van der Waals surface area contributed by atoms with Gasteiger partial charge in [0.2, 0.25) is 0 Å². The molecule has 0 spiro atoms. The molecule has 2 N–H and O–H groups in total. The van der Waals surface area contributed by atoms with E-state index in [9.17, 15) is 19.5 Å². The van der Waals surface area contributed by atoms with E-state index in [-0.39, 0.29) is 6.04 Å². The van der Waals surface area contributed by atoms with Crippen molar-refractivity contribution in [3.05, 3.63) is 0 Å². The number of amides is 3. The molecule has 6 nitrogen and oxygen atoms in total. The van der Waals surface area contributed by atoms with Crippen LogP contribution >= 0.6 is 0 Å². The number of carbonyl (C=O) groups is 3. The molecule has 1 rings (SSSR count). The van der Waals surface area contributed by atoms with Crippen molar-refractivity contribution >= 4 is 17.7 Å². The summed E-state index contributed by atoms with van der Waals surface area (Å²) < 4.78 is 0. The van der Waals surface area contributed by atoms with E-state index in [1.54, 1.807) is 13.8 Å². The minimum absolute atomic E-state index is 0.342. The van der Waals surface area contributed by atoms with Gasteiger partial charge in [-0.1, -0.05) is 6.92 Å². The molecule has 0 aromatic carbocycles. The zero-order valence-corrected chi connectivity index (χ0v) is 8.90. The number of urea groups is 1. The highest BCUT2D eigenvalue weighted by molar-refractivity contribution is 6.18. The third kappa shape index (κ3) is 1.61. The Morgan fingerprint density at radius 2 is 2.13 bits per heavy atom. The summed E-state index contributed by atoms with van der Waals surface area (Å²) in [6.45, 7) is 4.53. The molecule has 0 aliphatic carbocycles. The molecule has 1 aliphatic heterocycles. The van der Waals surface area contributed by atoms with Crippen LogP contribution in [0.5, 0.6) is 0 Å². The van der Waals surface area contributed by atoms with Crippen LogP contribution in [-0.4, -0.2) is 39.5 Å². The highest BCUT2D eigenvalue weighted by Crippen LogP contribution is 2.19. The molecule has 1 fully saturated rings. The number of nitrogens with one attached hydrogen (secondary N) is 1. The number of Topliss-reactive ketones (excluding diaryl/α,β-unsaturated/α-hetero) is 1. The van der Waals surface area contributed by atoms with Gasteiger partial charge < -0.3 is 5.11 Å². The number of rotatable bonds is 3. The Morgan fingerprint density at radius 3 is 2.47 bits per heavy atom. The fraction of sp³-hybridized carbons (Fsp3) is 0.667. The maximum atomic E-state index is 11.7. The standard InChI is InChI=1S/C9H14N2O4/c1-4-5(2)11-7(13)9(15,6(3)12)10-8(11)14/h5,15H,4H2,1-3H3,(H,10,14). The van der Waals surface area contributed by atoms with Gasteiger partial charge in [0.05, 0.1) is 0 Å². The van der Waals surface area contributed by atoms with Gasteiger partial charge in [-0.2, -0.15) is 0 Å². The Bertz CT molecular complexity index is 328. The number of imide groups is 1. The lowest BCUT2D eigenvalue weighted by Crippen LogP contribution is -2.53. The molecule has 1 aliphatic rings. The third-order valence-corrected chi connectivity index (χ3v) is 2.58. The first-order valence-electron chi connectivity index (χ1n) is 4.73. The van der Waals surface area contributed by atoms with E-state index in [4.69, 9.17) is 0 Å². The third-order valence-electron chi connectivity index (χ3n) is 2.58. The van der Waals surface area contributed by atoms with E-state index >= 15 is 0 Å². The van der Waals surface area contributed by atoms with Gasteiger partial charge in [0.15, 0.2) is 5.78 Å². The number of hydrogen-bond acceptors (Lipinski definition) is 4. The molecule has 3 amide bonds. The summed E-state index contributed by atoms with van der Waals surface area (Å²) in [5.74, 6) is -1.68. The lowest BCUT2D eigenvalue weighted by atomic mass is 10.1. The molecule has 2 unspecified atom stereocenters. The second-order valence-electron chi connectivity index (χ2n) is 3.63. The van der Waals surface area contributed by atoms with Gasteiger partial charge >= 0.3 is 6.03 Å². The van der Waals surface area contributed by atoms with Crippen LogP contribution in [0.3, 0.4) is 0 Å². The molecule has 1 saturated heterocycles. The number of nitrogens with zero attached hydrogens (tertiary/aromatic N) is 1. The summed E-state index contributed by atoms with van der Waals surface area (Å²) in [5, 5.41) is 11.6. The Kier molecular flexibility index (Phi) is 2.81. The normalized spacial score (nSPS) is 27.9. The first kappa shape index (κ1) is 11.6. The monoisotopic (exact) mass is 214 g/mol. The van der Waals surface area contributed by atoms with E-state index in [0.29, 0.717) is 6.42 Å². The van der Waals surface area contributed by atoms with Crippen molar-refractivity contribution in [2.24, 2.45) is 0 Å². The van der Waals surface area contributed by atoms with E-state index < -0.39 is 23.4 Å². The molecule has 0 aromatic rings. The second-order valence-corrected chi connectivity index (χ2v) is 3.63. The molecule has 0 radical (unpaired) electrons. The van der Waals surface area contributed by atoms with E-state index in [2.05, 4.69) is 0 Å². The zero-order valence-electron chi connectivity index (χ0n) is 8.90. The average molecular weight is 214 g/mol. The van der Waals surface area contributed by atoms with Crippen LogP contribution in [0.15, 0.2) is 0 Å². The van der Waals surface area contributed by atoms with Crippen LogP contribution < -0.4 is 5.32 Å². The minimum atomic E-state index is -2.37. The van der Waals surface area contributed by atoms with Gasteiger partial charge in [-0.15, -0.1) is 0 Å². The van der Waals surface area contributed by atoms with Gasteiger partial charge in [0, 0.05) is 13.0 Å². The molecular weight excluding hydrogens is 200 g/mol. The maximum Gasteiger partial charge on any atom is 0.327 e. The molecule has 0 bridgehead atoms. The average Bonchev–Trinajstić information content (AvgIpc) is 2.38. The van der Waals surface area contributed by atoms with Crippen molar-refractivity contribution in [3.63, 3.8) is 0 Å². The first-order chi connectivity index (χ1) is 6.84. The minimum Gasteiger partial charge on any atom is -0.357 e. The smallest absolute Gasteiger partial charge is 0.327 e. The Balaban J connectivity index is 3.03. The largest absolute Gasteiger partial charge is 0.357 e. The molecule has 0 aromatic heterocycles. The molecule has 0 saturated carbocycles. The van der Waals surface area contributed by atoms with Crippen LogP contribution in [0.25, 0.3) is 0 Å². The second kappa shape index (κ2) is 3.62. The molecule has 15 heavy (non-hydrogen) atoms. The molecule has 84 valence electrons. The van der Waals surface area contributed by atoms with Crippen molar-refractivity contribution < 1.29 is 19.5 Å². The molecule has 1 heterocycles. The maximum absolute atomic E-state index is 11.7. The van der Waals surface area contributed by atoms with Crippen molar-refractivity contribution in [1.29, 1.82) is 0 Å². The Hall–Kier alpha value is -1.43. The van der Waals surface area contributed by atoms with Crippen molar-refractivity contribution in [3.8, 4) is 0 Å². The highest BCUT2D eigenvalue weighted by Gasteiger charge is 2.54. The molecule has 2 atom stereocenters. The van der Waals surface area contributed by atoms with Crippen LogP contribution in [0, 0.1) is 0 Å². The fourth-order valence-corrected chi connectivity index (χ4v) is 1.36. The lowest BCUT2D eigenvalue weighted by Gasteiger charge is -2.21. The van der Waals surface area contributed by atoms with Crippen molar-refractivity contribution in [1.82, 2.24) is 10.2 Å². The lowest BCUT2D eigenvalue weighted by molar-refractivity contribution is -0.154. The number of ketones is 1. The zero-order chi connectivity index (χ0) is 11.8. The van der Waals surface area contributed by atoms with Crippen molar-refractivity contribution in [2.45, 2.75) is 39.0 Å². The van der Waals surface area contributed by atoms with Gasteiger partial charge in [0.25, 0.3) is 11.6 Å². The predicted molar refractivity (Wildman–Crippen MR) is 50.8 cm³/mol. The topological polar surface area (TPSA) is 86.7 Å². The summed E-state index contributed by atoms with van der Waals surface area (Å²) in [4.78, 5) is 35.0. The molecular formula is C9H14N2O4. The van der Waals surface area contributed by atoms with Gasteiger partial charge in [0.1, 0.15) is 0 Å². The summed E-state index contributed by atoms with van der Waals surface area (Å²) >= 11 is 0. The molecule has 6 heteroatoms. The van der Waals surface area contributed by atoms with E-state index in [0.717, 1.165) is 11.8 Å². The van der Waals surface area contributed by atoms with Crippen molar-refractivity contribution in [2.75, 3.05) is 0 Å². The Morgan fingerprint density at radius 1 is 1.60 bits per heavy atom. The number of hydrogen-bond donors (Lipinski definition) is 2. The summed E-state index contributed by atoms with van der Waals surface area (Å²) in [6.07, 6.45) is 0.563. The highest BCUT2D eigenvalue weighted by atomic mass is 16.3. The van der Waals surface area contributed by atoms with Crippen LogP contribution in [0.2, 0.25) is 0 Å². The summed E-state index contributed by atoms with van der Waals surface area (Å²) in [5.41, 5.74) is -2.37. The van der Waals surface area contributed by atoms with Crippen LogP contribution in [0.4, 0.5) is 4.79 Å². The van der Waals surface area contributed by atoms with E-state index in [1.165, 1.54) is 0 Å². The van der Waals surface area contributed by atoms with Gasteiger partial charge in [-0.3, -0.25) is 19.8 Å². The Labute approximate surface area is 87.2 Å². The number of aliphatic hydroxyl groups is 1. The predicted octanol–water partition coefficient (Wildman–Crippen LogP) is -0.386.